The first-order valence-electron chi connectivity index (χ1n) is 9.00. The summed E-state index contributed by atoms with van der Waals surface area (Å²) in [6.45, 7) is 3.77. The molecule has 146 valence electrons. The van der Waals surface area contributed by atoms with Crippen LogP contribution in [0.4, 0.5) is 0 Å². The molecule has 1 unspecified atom stereocenters. The minimum absolute atomic E-state index is 0.0366. The number of ketones is 1. The average molecular weight is 406 g/mol. The number of carbonyl (C=O) groups is 2. The van der Waals surface area contributed by atoms with Gasteiger partial charge in [0.05, 0.1) is 26.8 Å². The minimum atomic E-state index is -0.786. The number of pyridine rings is 2. The van der Waals surface area contributed by atoms with E-state index >= 15 is 0 Å². The number of hydrogen-bond donors (Lipinski definition) is 1. The third-order valence-corrected chi connectivity index (χ3v) is 5.80. The van der Waals surface area contributed by atoms with Crippen LogP contribution in [0.5, 0.6) is 0 Å². The summed E-state index contributed by atoms with van der Waals surface area (Å²) in [5.74, 6) is -1.53. The second-order valence-corrected chi connectivity index (χ2v) is 7.89. The number of nitrogens with zero attached hydrogens (tertiary/aromatic N) is 4. The molecule has 0 aliphatic carbocycles. The van der Waals surface area contributed by atoms with E-state index in [0.29, 0.717) is 16.3 Å². The van der Waals surface area contributed by atoms with Gasteiger partial charge in [0.2, 0.25) is 5.78 Å². The Morgan fingerprint density at radius 3 is 2.55 bits per heavy atom. The van der Waals surface area contributed by atoms with Crippen molar-refractivity contribution in [2.24, 2.45) is 0 Å². The normalized spacial score (nSPS) is 16.6. The summed E-state index contributed by atoms with van der Waals surface area (Å²) in [7, 11) is 0. The zero-order valence-electron chi connectivity index (χ0n) is 15.9. The maximum atomic E-state index is 13.4. The maximum Gasteiger partial charge on any atom is 0.290 e. The monoisotopic (exact) mass is 406 g/mol. The summed E-state index contributed by atoms with van der Waals surface area (Å²) in [5.41, 5.74) is 1.97. The third-order valence-electron chi connectivity index (χ3n) is 4.73. The van der Waals surface area contributed by atoms with Crippen molar-refractivity contribution >= 4 is 23.0 Å². The molecular formula is C21H18N4O3S. The number of rotatable bonds is 5. The van der Waals surface area contributed by atoms with Crippen molar-refractivity contribution in [1.29, 1.82) is 0 Å². The van der Waals surface area contributed by atoms with Gasteiger partial charge >= 0.3 is 0 Å². The van der Waals surface area contributed by atoms with Crippen LogP contribution in [-0.2, 0) is 11.3 Å². The molecule has 4 rings (SSSR count). The fourth-order valence-corrected chi connectivity index (χ4v) is 4.32. The van der Waals surface area contributed by atoms with Gasteiger partial charge in [0, 0.05) is 25.1 Å². The first-order valence-corrected chi connectivity index (χ1v) is 9.81. The molecule has 3 aromatic heterocycles. The van der Waals surface area contributed by atoms with Crippen molar-refractivity contribution in [3.8, 4) is 0 Å². The van der Waals surface area contributed by atoms with E-state index in [4.69, 9.17) is 0 Å². The molecule has 0 spiro atoms. The Hall–Kier alpha value is -3.39. The van der Waals surface area contributed by atoms with Crippen molar-refractivity contribution < 1.29 is 14.7 Å². The Kier molecular flexibility index (Phi) is 4.94. The van der Waals surface area contributed by atoms with Gasteiger partial charge in [-0.15, -0.1) is 11.3 Å². The fourth-order valence-electron chi connectivity index (χ4n) is 3.44. The van der Waals surface area contributed by atoms with Gasteiger partial charge in [0.15, 0.2) is 5.76 Å². The number of aliphatic hydroxyl groups is 1. The average Bonchev–Trinajstić information content (AvgIpc) is 3.19. The molecule has 0 bridgehead atoms. The Morgan fingerprint density at radius 1 is 1.17 bits per heavy atom. The molecule has 1 aliphatic heterocycles. The van der Waals surface area contributed by atoms with E-state index < -0.39 is 23.5 Å². The summed E-state index contributed by atoms with van der Waals surface area (Å²) < 4.78 is 0. The van der Waals surface area contributed by atoms with Crippen LogP contribution >= 0.6 is 11.3 Å². The summed E-state index contributed by atoms with van der Waals surface area (Å²) in [6, 6.07) is 8.08. The second-order valence-electron chi connectivity index (χ2n) is 6.68. The van der Waals surface area contributed by atoms with Crippen LogP contribution in [0.3, 0.4) is 0 Å². The highest BCUT2D eigenvalue weighted by molar-refractivity contribution is 7.14. The molecule has 0 radical (unpaired) electrons. The molecule has 29 heavy (non-hydrogen) atoms. The lowest BCUT2D eigenvalue weighted by atomic mass is 9.98. The highest BCUT2D eigenvalue weighted by Gasteiger charge is 2.45. The first kappa shape index (κ1) is 18.9. The Morgan fingerprint density at radius 2 is 1.93 bits per heavy atom. The summed E-state index contributed by atoms with van der Waals surface area (Å²) in [6.07, 6.45) is 4.87. The second kappa shape index (κ2) is 7.56. The van der Waals surface area contributed by atoms with E-state index in [2.05, 4.69) is 15.0 Å². The first-order chi connectivity index (χ1) is 14.0. The molecule has 8 heteroatoms. The van der Waals surface area contributed by atoms with Crippen LogP contribution in [-0.4, -0.2) is 36.6 Å². The van der Waals surface area contributed by atoms with Crippen LogP contribution in [0, 0.1) is 13.8 Å². The number of Topliss-reactive ketones (excluding diaryl/α,β-unsaturated/α-hetero) is 1. The number of hydrogen-bond acceptors (Lipinski definition) is 7. The summed E-state index contributed by atoms with van der Waals surface area (Å²) >= 11 is 1.25. The highest BCUT2D eigenvalue weighted by Crippen LogP contribution is 2.40. The predicted molar refractivity (Wildman–Crippen MR) is 107 cm³/mol. The van der Waals surface area contributed by atoms with Gasteiger partial charge < -0.3 is 10.0 Å². The van der Waals surface area contributed by atoms with Crippen molar-refractivity contribution in [3.05, 3.63) is 87.1 Å². The number of amides is 1. The largest absolute Gasteiger partial charge is 0.503 e. The van der Waals surface area contributed by atoms with Gasteiger partial charge in [-0.3, -0.25) is 19.6 Å². The van der Waals surface area contributed by atoms with Crippen LogP contribution in [0.1, 0.15) is 37.7 Å². The number of aliphatic hydroxyl groups excluding tert-OH is 1. The highest BCUT2D eigenvalue weighted by atomic mass is 32.1. The molecule has 1 aliphatic rings. The lowest BCUT2D eigenvalue weighted by Gasteiger charge is -2.26. The van der Waals surface area contributed by atoms with E-state index in [1.54, 1.807) is 55.8 Å². The smallest absolute Gasteiger partial charge is 0.290 e. The van der Waals surface area contributed by atoms with Gasteiger partial charge in [0.25, 0.3) is 5.91 Å². The molecular weight excluding hydrogens is 388 g/mol. The molecule has 0 saturated heterocycles. The molecule has 0 saturated carbocycles. The van der Waals surface area contributed by atoms with Crippen molar-refractivity contribution in [1.82, 2.24) is 19.9 Å². The standard InChI is InChI=1S/C21H18N4O3S/c1-12-20(29-13(2)24-12)18(26)16-17(15-5-3-4-8-23-15)25(21(28)19(16)27)11-14-6-9-22-10-7-14/h3-10,17,27H,11H2,1-2H3. The number of carbonyl (C=O) groups excluding carboxylic acids is 2. The molecule has 3 aromatic rings. The maximum absolute atomic E-state index is 13.4. The van der Waals surface area contributed by atoms with Crippen LogP contribution < -0.4 is 0 Å². The third kappa shape index (κ3) is 3.42. The summed E-state index contributed by atoms with van der Waals surface area (Å²) in [5, 5.41) is 11.4. The lowest BCUT2D eigenvalue weighted by Crippen LogP contribution is -2.31. The molecule has 0 fully saturated rings. The van der Waals surface area contributed by atoms with Crippen molar-refractivity contribution in [3.63, 3.8) is 0 Å². The lowest BCUT2D eigenvalue weighted by molar-refractivity contribution is -0.130. The SMILES string of the molecule is Cc1nc(C)c(C(=O)C2=C(O)C(=O)N(Cc3ccncc3)C2c2ccccn2)s1. The molecule has 1 atom stereocenters. The minimum Gasteiger partial charge on any atom is -0.503 e. The Labute approximate surface area is 171 Å². The van der Waals surface area contributed by atoms with Gasteiger partial charge in [-0.1, -0.05) is 6.07 Å². The van der Waals surface area contributed by atoms with E-state index in [9.17, 15) is 14.7 Å². The van der Waals surface area contributed by atoms with E-state index in [0.717, 1.165) is 10.6 Å². The van der Waals surface area contributed by atoms with Gasteiger partial charge in [-0.25, -0.2) is 4.98 Å². The van der Waals surface area contributed by atoms with Gasteiger partial charge in [-0.05, 0) is 43.7 Å². The van der Waals surface area contributed by atoms with Gasteiger partial charge in [-0.2, -0.15) is 0 Å². The Balaban J connectivity index is 1.81. The predicted octanol–water partition coefficient (Wildman–Crippen LogP) is 3.33. The molecule has 1 amide bonds. The van der Waals surface area contributed by atoms with Crippen molar-refractivity contribution in [2.45, 2.75) is 26.4 Å². The van der Waals surface area contributed by atoms with E-state index in [1.165, 1.54) is 16.2 Å². The van der Waals surface area contributed by atoms with E-state index in [-0.39, 0.29) is 12.1 Å². The summed E-state index contributed by atoms with van der Waals surface area (Å²) in [4.78, 5) is 40.8. The molecule has 1 N–H and O–H groups in total. The molecule has 0 aromatic carbocycles. The quantitative estimate of drug-likeness (QED) is 0.653. The topological polar surface area (TPSA) is 96.3 Å². The van der Waals surface area contributed by atoms with Crippen LogP contribution in [0.15, 0.2) is 60.3 Å². The number of aryl methyl sites for hydroxylation is 2. The Bertz CT molecular complexity index is 1110. The zero-order chi connectivity index (χ0) is 20.5. The van der Waals surface area contributed by atoms with Crippen LogP contribution in [0.2, 0.25) is 0 Å². The van der Waals surface area contributed by atoms with Crippen molar-refractivity contribution in [2.75, 3.05) is 0 Å². The van der Waals surface area contributed by atoms with E-state index in [1.807, 2.05) is 6.92 Å². The van der Waals surface area contributed by atoms with Crippen LogP contribution in [0.25, 0.3) is 0 Å². The van der Waals surface area contributed by atoms with Gasteiger partial charge in [0.1, 0.15) is 6.04 Å². The fraction of sp³-hybridized carbons (Fsp3) is 0.190. The zero-order valence-corrected chi connectivity index (χ0v) is 16.7. The molecule has 7 nitrogen and oxygen atoms in total. The molecule has 4 heterocycles. The number of aromatic nitrogens is 3. The number of thiazole rings is 1.